The Bertz CT molecular complexity index is 1870. The maximum Gasteiger partial charge on any atom is 0.162 e. The summed E-state index contributed by atoms with van der Waals surface area (Å²) in [5, 5.41) is 5.72. The molecule has 3 nitrogen and oxygen atoms in total. The van der Waals surface area contributed by atoms with Crippen molar-refractivity contribution in [2.75, 3.05) is 0 Å². The SMILES string of the molecule is [B]c1ccc2c(c1)c1c3ccccc3ccc1n2-c1nc(-c2ccccc2)nc2ccccc12. The Balaban J connectivity index is 1.68. The largest absolute Gasteiger partial charge is 0.293 e. The van der Waals surface area contributed by atoms with Gasteiger partial charge in [0.2, 0.25) is 0 Å². The molecular weight excluding hydrogens is 413 g/mol. The van der Waals surface area contributed by atoms with E-state index in [1.807, 2.05) is 54.6 Å². The molecule has 0 saturated heterocycles. The number of benzene rings is 5. The van der Waals surface area contributed by atoms with E-state index in [9.17, 15) is 0 Å². The Kier molecular flexibility index (Phi) is 4.09. The molecule has 0 unspecified atom stereocenters. The predicted molar refractivity (Wildman–Crippen MR) is 142 cm³/mol. The molecule has 0 fully saturated rings. The molecule has 7 aromatic rings. The molecule has 0 bridgehead atoms. The van der Waals surface area contributed by atoms with Gasteiger partial charge in [-0.3, -0.25) is 4.57 Å². The van der Waals surface area contributed by atoms with Gasteiger partial charge in [-0.2, -0.15) is 0 Å². The van der Waals surface area contributed by atoms with Crippen LogP contribution in [-0.2, 0) is 0 Å². The van der Waals surface area contributed by atoms with Gasteiger partial charge in [0.1, 0.15) is 13.7 Å². The third-order valence-electron chi connectivity index (χ3n) is 6.51. The Morgan fingerprint density at radius 1 is 0.588 bits per heavy atom. The van der Waals surface area contributed by atoms with E-state index in [-0.39, 0.29) is 0 Å². The third-order valence-corrected chi connectivity index (χ3v) is 6.51. The van der Waals surface area contributed by atoms with Gasteiger partial charge in [0.25, 0.3) is 0 Å². The second-order valence-corrected chi connectivity index (χ2v) is 8.55. The number of aromatic nitrogens is 3. The number of rotatable bonds is 2. The molecule has 0 aliphatic rings. The van der Waals surface area contributed by atoms with Gasteiger partial charge in [-0.1, -0.05) is 90.4 Å². The summed E-state index contributed by atoms with van der Waals surface area (Å²) in [5.74, 6) is 1.57. The highest BCUT2D eigenvalue weighted by molar-refractivity contribution is 6.34. The fourth-order valence-corrected chi connectivity index (χ4v) is 4.98. The van der Waals surface area contributed by atoms with Crippen molar-refractivity contribution < 1.29 is 0 Å². The van der Waals surface area contributed by atoms with Crippen LogP contribution in [0.15, 0.2) is 109 Å². The van der Waals surface area contributed by atoms with Gasteiger partial charge in [0.15, 0.2) is 5.82 Å². The first-order valence-electron chi connectivity index (χ1n) is 11.3. The number of nitrogens with zero attached hydrogens (tertiary/aromatic N) is 3. The second-order valence-electron chi connectivity index (χ2n) is 8.55. The zero-order chi connectivity index (χ0) is 22.6. The van der Waals surface area contributed by atoms with Crippen molar-refractivity contribution in [3.05, 3.63) is 109 Å². The quantitative estimate of drug-likeness (QED) is 0.299. The molecule has 34 heavy (non-hydrogen) atoms. The standard InChI is InChI=1S/C30H18BN3/c31-21-15-17-26-24(18-21)28-22-11-5-4-8-19(22)14-16-27(28)34(26)30-23-12-6-7-13-25(23)32-29(33-30)20-9-2-1-3-10-20/h1-18H. The van der Waals surface area contributed by atoms with E-state index < -0.39 is 0 Å². The van der Waals surface area contributed by atoms with Gasteiger partial charge in [0, 0.05) is 21.7 Å². The van der Waals surface area contributed by atoms with E-state index in [4.69, 9.17) is 17.8 Å². The molecule has 0 spiro atoms. The van der Waals surface area contributed by atoms with Crippen LogP contribution in [0.25, 0.3) is 60.7 Å². The zero-order valence-electron chi connectivity index (χ0n) is 18.3. The lowest BCUT2D eigenvalue weighted by molar-refractivity contribution is 1.08. The molecule has 0 atom stereocenters. The highest BCUT2D eigenvalue weighted by atomic mass is 15.1. The average Bonchev–Trinajstić information content (AvgIpc) is 3.22. The van der Waals surface area contributed by atoms with E-state index in [2.05, 4.69) is 59.2 Å². The van der Waals surface area contributed by atoms with Gasteiger partial charge >= 0.3 is 0 Å². The molecule has 7 rings (SSSR count). The maximum atomic E-state index is 6.26. The predicted octanol–water partition coefficient (Wildman–Crippen LogP) is 6.34. The van der Waals surface area contributed by atoms with E-state index in [0.29, 0.717) is 5.82 Å². The summed E-state index contributed by atoms with van der Waals surface area (Å²) >= 11 is 0. The summed E-state index contributed by atoms with van der Waals surface area (Å²) in [6, 6.07) is 37.3. The fraction of sp³-hybridized carbons (Fsp3) is 0. The van der Waals surface area contributed by atoms with E-state index >= 15 is 0 Å². The average molecular weight is 431 g/mol. The van der Waals surface area contributed by atoms with Crippen LogP contribution in [0, 0.1) is 0 Å². The Hall–Kier alpha value is -4.44. The first-order valence-corrected chi connectivity index (χ1v) is 11.3. The number of hydrogen-bond acceptors (Lipinski definition) is 2. The lowest BCUT2D eigenvalue weighted by atomic mass is 9.94. The summed E-state index contributed by atoms with van der Waals surface area (Å²) in [6.45, 7) is 0. The van der Waals surface area contributed by atoms with Crippen molar-refractivity contribution in [3.8, 4) is 17.2 Å². The van der Waals surface area contributed by atoms with Crippen LogP contribution in [0.4, 0.5) is 0 Å². The van der Waals surface area contributed by atoms with Crippen molar-refractivity contribution in [3.63, 3.8) is 0 Å². The molecule has 4 heteroatoms. The second kappa shape index (κ2) is 7.29. The van der Waals surface area contributed by atoms with Gasteiger partial charge < -0.3 is 0 Å². The molecule has 0 saturated carbocycles. The third kappa shape index (κ3) is 2.79. The van der Waals surface area contributed by atoms with Crippen molar-refractivity contribution >= 4 is 56.8 Å². The topological polar surface area (TPSA) is 30.7 Å². The van der Waals surface area contributed by atoms with Gasteiger partial charge in [-0.05, 0) is 35.0 Å². The zero-order valence-corrected chi connectivity index (χ0v) is 18.3. The lowest BCUT2D eigenvalue weighted by Gasteiger charge is -2.13. The van der Waals surface area contributed by atoms with Gasteiger partial charge in [-0.15, -0.1) is 0 Å². The van der Waals surface area contributed by atoms with Crippen LogP contribution in [0.1, 0.15) is 0 Å². The highest BCUT2D eigenvalue weighted by Crippen LogP contribution is 2.37. The Morgan fingerprint density at radius 3 is 2.21 bits per heavy atom. The van der Waals surface area contributed by atoms with Crippen molar-refractivity contribution in [1.82, 2.24) is 14.5 Å². The monoisotopic (exact) mass is 431 g/mol. The van der Waals surface area contributed by atoms with Crippen LogP contribution in [-0.4, -0.2) is 22.4 Å². The molecular formula is C30H18BN3. The van der Waals surface area contributed by atoms with Crippen LogP contribution in [0.3, 0.4) is 0 Å². The van der Waals surface area contributed by atoms with Crippen LogP contribution >= 0.6 is 0 Å². The van der Waals surface area contributed by atoms with E-state index in [0.717, 1.165) is 44.2 Å². The summed E-state index contributed by atoms with van der Waals surface area (Å²) in [5.41, 5.74) is 4.82. The fourth-order valence-electron chi connectivity index (χ4n) is 4.98. The number of hydrogen-bond donors (Lipinski definition) is 0. The molecule has 156 valence electrons. The normalized spacial score (nSPS) is 11.6. The van der Waals surface area contributed by atoms with Crippen molar-refractivity contribution in [2.24, 2.45) is 0 Å². The molecule has 0 aliphatic heterocycles. The van der Waals surface area contributed by atoms with Crippen LogP contribution in [0.2, 0.25) is 0 Å². The Labute approximate surface area is 197 Å². The van der Waals surface area contributed by atoms with Crippen LogP contribution < -0.4 is 5.46 Å². The minimum Gasteiger partial charge on any atom is -0.293 e. The van der Waals surface area contributed by atoms with Gasteiger partial charge in [-0.25, -0.2) is 9.97 Å². The van der Waals surface area contributed by atoms with Crippen molar-refractivity contribution in [1.29, 1.82) is 0 Å². The molecule has 0 aliphatic carbocycles. The minimum atomic E-state index is 0.709. The summed E-state index contributed by atoms with van der Waals surface area (Å²) < 4.78 is 2.26. The summed E-state index contributed by atoms with van der Waals surface area (Å²) in [7, 11) is 6.26. The van der Waals surface area contributed by atoms with Crippen molar-refractivity contribution in [2.45, 2.75) is 0 Å². The first-order chi connectivity index (χ1) is 16.8. The lowest BCUT2D eigenvalue weighted by Crippen LogP contribution is -2.04. The Morgan fingerprint density at radius 2 is 1.32 bits per heavy atom. The molecule has 2 aromatic heterocycles. The highest BCUT2D eigenvalue weighted by Gasteiger charge is 2.18. The van der Waals surface area contributed by atoms with E-state index in [1.54, 1.807) is 0 Å². The smallest absolute Gasteiger partial charge is 0.162 e. The molecule has 2 heterocycles. The number of fused-ring (bicyclic) bond motifs is 6. The molecule has 2 radical (unpaired) electrons. The maximum absolute atomic E-state index is 6.26. The molecule has 5 aromatic carbocycles. The summed E-state index contributed by atoms with van der Waals surface area (Å²) in [4.78, 5) is 10.0. The molecule has 0 amide bonds. The van der Waals surface area contributed by atoms with E-state index in [1.165, 1.54) is 16.2 Å². The molecule has 0 N–H and O–H groups in total. The minimum absolute atomic E-state index is 0.709. The summed E-state index contributed by atoms with van der Waals surface area (Å²) in [6.07, 6.45) is 0. The number of para-hydroxylation sites is 1. The van der Waals surface area contributed by atoms with Gasteiger partial charge in [0.05, 0.1) is 16.6 Å². The van der Waals surface area contributed by atoms with Crippen LogP contribution in [0.5, 0.6) is 0 Å². The first kappa shape index (κ1) is 19.1.